The lowest BCUT2D eigenvalue weighted by Crippen LogP contribution is -2.25. The summed E-state index contributed by atoms with van der Waals surface area (Å²) < 4.78 is 5.61. The Morgan fingerprint density at radius 3 is 2.77 bits per heavy atom. The number of nitrogens with one attached hydrogen (secondary N) is 1. The fourth-order valence-electron chi connectivity index (χ4n) is 1.95. The third-order valence-electron chi connectivity index (χ3n) is 3.31. The molecule has 0 saturated heterocycles. The number of nitrogens with zero attached hydrogens (tertiary/aromatic N) is 2. The van der Waals surface area contributed by atoms with Gasteiger partial charge in [0, 0.05) is 18.0 Å². The molecule has 5 heteroatoms. The summed E-state index contributed by atoms with van der Waals surface area (Å²) in [6.07, 6.45) is 4.87. The largest absolute Gasteiger partial charge is 0.483 e. The number of amides is 1. The highest BCUT2D eigenvalue weighted by atomic mass is 16.5. The fraction of sp³-hybridized carbons (Fsp3) is 0.235. The zero-order valence-electron chi connectivity index (χ0n) is 13.0. The molecular formula is C17H19N3O2. The van der Waals surface area contributed by atoms with Crippen LogP contribution in [0.1, 0.15) is 22.3 Å². The van der Waals surface area contributed by atoms with Crippen LogP contribution in [0.2, 0.25) is 0 Å². The second kappa shape index (κ2) is 7.36. The predicted molar refractivity (Wildman–Crippen MR) is 86.1 cm³/mol. The first kappa shape index (κ1) is 15.7. The molecule has 0 aliphatic heterocycles. The highest BCUT2D eigenvalue weighted by Gasteiger charge is 2.08. The number of hydrogen-bond donors (Lipinski definition) is 1. The number of benzene rings is 1. The molecule has 0 radical (unpaired) electrons. The number of hydrazone groups is 1. The maximum absolute atomic E-state index is 11.7. The molecule has 0 atom stereocenters. The van der Waals surface area contributed by atoms with Gasteiger partial charge >= 0.3 is 0 Å². The van der Waals surface area contributed by atoms with Crippen LogP contribution in [0.25, 0.3) is 0 Å². The number of rotatable bonds is 5. The molecule has 0 saturated carbocycles. The first-order chi connectivity index (χ1) is 10.6. The molecule has 1 aromatic carbocycles. The van der Waals surface area contributed by atoms with Crippen molar-refractivity contribution in [1.82, 2.24) is 10.4 Å². The van der Waals surface area contributed by atoms with Crippen LogP contribution in [0.4, 0.5) is 0 Å². The number of carbonyl (C=O) groups excluding carboxylic acids is 1. The summed E-state index contributed by atoms with van der Waals surface area (Å²) in [5.74, 6) is 0.451. The highest BCUT2D eigenvalue weighted by molar-refractivity contribution is 5.82. The lowest BCUT2D eigenvalue weighted by Gasteiger charge is -2.13. The van der Waals surface area contributed by atoms with Crippen molar-refractivity contribution in [1.29, 1.82) is 0 Å². The summed E-state index contributed by atoms with van der Waals surface area (Å²) in [4.78, 5) is 15.7. The molecule has 0 bridgehead atoms. The van der Waals surface area contributed by atoms with Gasteiger partial charge in [0.2, 0.25) is 0 Å². The van der Waals surface area contributed by atoms with Gasteiger partial charge in [-0.05, 0) is 43.5 Å². The number of pyridine rings is 1. The molecule has 0 aliphatic rings. The summed E-state index contributed by atoms with van der Waals surface area (Å²) in [5.41, 5.74) is 6.44. The standard InChI is InChI=1S/C17H19N3O2/c1-12-6-7-13(2)17(14(12)3)22-11-16(21)20-19-10-15-5-4-8-18-9-15/h4-10H,11H2,1-3H3,(H,20,21)/b19-10+. The molecular weight excluding hydrogens is 278 g/mol. The smallest absolute Gasteiger partial charge is 0.277 e. The van der Waals surface area contributed by atoms with Gasteiger partial charge in [-0.3, -0.25) is 9.78 Å². The molecule has 0 fully saturated rings. The average molecular weight is 297 g/mol. The van der Waals surface area contributed by atoms with E-state index in [4.69, 9.17) is 4.74 Å². The molecule has 1 heterocycles. The summed E-state index contributed by atoms with van der Waals surface area (Å²) in [6.45, 7) is 5.88. The van der Waals surface area contributed by atoms with Gasteiger partial charge in [0.15, 0.2) is 6.61 Å². The van der Waals surface area contributed by atoms with E-state index in [1.807, 2.05) is 39.0 Å². The van der Waals surface area contributed by atoms with Crippen molar-refractivity contribution in [2.75, 3.05) is 6.61 Å². The average Bonchev–Trinajstić information content (AvgIpc) is 2.52. The second-order valence-electron chi connectivity index (χ2n) is 5.02. The van der Waals surface area contributed by atoms with E-state index in [9.17, 15) is 4.79 Å². The Morgan fingerprint density at radius 1 is 1.27 bits per heavy atom. The van der Waals surface area contributed by atoms with E-state index in [2.05, 4.69) is 15.5 Å². The van der Waals surface area contributed by atoms with Gasteiger partial charge in [0.25, 0.3) is 5.91 Å². The molecule has 1 amide bonds. The van der Waals surface area contributed by atoms with Gasteiger partial charge in [-0.15, -0.1) is 0 Å². The third kappa shape index (κ3) is 4.15. The van der Waals surface area contributed by atoms with Crippen LogP contribution in [-0.2, 0) is 4.79 Å². The Bertz CT molecular complexity index is 682. The van der Waals surface area contributed by atoms with E-state index < -0.39 is 0 Å². The van der Waals surface area contributed by atoms with Crippen molar-refractivity contribution in [3.63, 3.8) is 0 Å². The molecule has 5 nitrogen and oxygen atoms in total. The zero-order chi connectivity index (χ0) is 15.9. The topological polar surface area (TPSA) is 63.6 Å². The Labute approximate surface area is 130 Å². The van der Waals surface area contributed by atoms with Crippen molar-refractivity contribution >= 4 is 12.1 Å². The van der Waals surface area contributed by atoms with Gasteiger partial charge in [0.1, 0.15) is 5.75 Å². The molecule has 0 aliphatic carbocycles. The minimum atomic E-state index is -0.305. The molecule has 22 heavy (non-hydrogen) atoms. The number of hydrogen-bond acceptors (Lipinski definition) is 4. The van der Waals surface area contributed by atoms with Gasteiger partial charge in [-0.25, -0.2) is 5.43 Å². The maximum atomic E-state index is 11.7. The Kier molecular flexibility index (Phi) is 5.25. The Hall–Kier alpha value is -2.69. The van der Waals surface area contributed by atoms with E-state index in [1.165, 1.54) is 6.21 Å². The van der Waals surface area contributed by atoms with E-state index in [-0.39, 0.29) is 12.5 Å². The number of aryl methyl sites for hydroxylation is 2. The van der Waals surface area contributed by atoms with Crippen molar-refractivity contribution in [3.05, 3.63) is 58.9 Å². The lowest BCUT2D eigenvalue weighted by atomic mass is 10.1. The van der Waals surface area contributed by atoms with E-state index in [0.717, 1.165) is 28.0 Å². The fourth-order valence-corrected chi connectivity index (χ4v) is 1.95. The Morgan fingerprint density at radius 2 is 2.05 bits per heavy atom. The lowest BCUT2D eigenvalue weighted by molar-refractivity contribution is -0.123. The monoisotopic (exact) mass is 297 g/mol. The quantitative estimate of drug-likeness (QED) is 0.681. The first-order valence-corrected chi connectivity index (χ1v) is 6.99. The minimum absolute atomic E-state index is 0.0739. The summed E-state index contributed by atoms with van der Waals surface area (Å²) in [5, 5.41) is 3.87. The van der Waals surface area contributed by atoms with Crippen molar-refractivity contribution in [2.24, 2.45) is 5.10 Å². The van der Waals surface area contributed by atoms with Gasteiger partial charge < -0.3 is 4.74 Å². The maximum Gasteiger partial charge on any atom is 0.277 e. The number of carbonyl (C=O) groups is 1. The molecule has 1 aromatic heterocycles. The molecule has 2 aromatic rings. The minimum Gasteiger partial charge on any atom is -0.483 e. The molecule has 114 valence electrons. The van der Waals surface area contributed by atoms with Crippen molar-refractivity contribution < 1.29 is 9.53 Å². The number of ether oxygens (including phenoxy) is 1. The second-order valence-corrected chi connectivity index (χ2v) is 5.02. The normalized spacial score (nSPS) is 10.7. The van der Waals surface area contributed by atoms with E-state index in [0.29, 0.717) is 0 Å². The van der Waals surface area contributed by atoms with Crippen LogP contribution in [-0.4, -0.2) is 23.7 Å². The van der Waals surface area contributed by atoms with Crippen molar-refractivity contribution in [2.45, 2.75) is 20.8 Å². The van der Waals surface area contributed by atoms with Crippen LogP contribution in [0.15, 0.2) is 41.8 Å². The van der Waals surface area contributed by atoms with E-state index in [1.54, 1.807) is 18.5 Å². The zero-order valence-corrected chi connectivity index (χ0v) is 13.0. The molecule has 1 N–H and O–H groups in total. The molecule has 0 spiro atoms. The number of aromatic nitrogens is 1. The van der Waals surface area contributed by atoms with Gasteiger partial charge in [-0.2, -0.15) is 5.10 Å². The summed E-state index contributed by atoms with van der Waals surface area (Å²) in [7, 11) is 0. The van der Waals surface area contributed by atoms with Crippen LogP contribution in [0.5, 0.6) is 5.75 Å². The predicted octanol–water partition coefficient (Wildman–Crippen LogP) is 2.54. The SMILES string of the molecule is Cc1ccc(C)c(OCC(=O)N/N=C/c2cccnc2)c1C. The van der Waals surface area contributed by atoms with Gasteiger partial charge in [0.05, 0.1) is 6.21 Å². The summed E-state index contributed by atoms with van der Waals surface area (Å²) in [6, 6.07) is 7.67. The molecule has 2 rings (SSSR count). The van der Waals surface area contributed by atoms with Crippen molar-refractivity contribution in [3.8, 4) is 5.75 Å². The van der Waals surface area contributed by atoms with Crippen LogP contribution in [0.3, 0.4) is 0 Å². The van der Waals surface area contributed by atoms with Crippen LogP contribution in [0, 0.1) is 20.8 Å². The van der Waals surface area contributed by atoms with Crippen LogP contribution >= 0.6 is 0 Å². The summed E-state index contributed by atoms with van der Waals surface area (Å²) >= 11 is 0. The van der Waals surface area contributed by atoms with E-state index >= 15 is 0 Å². The Balaban J connectivity index is 1.89. The molecule has 0 unspecified atom stereocenters. The first-order valence-electron chi connectivity index (χ1n) is 6.99. The van der Waals surface area contributed by atoms with Crippen LogP contribution < -0.4 is 10.2 Å². The van der Waals surface area contributed by atoms with Gasteiger partial charge in [-0.1, -0.05) is 18.2 Å². The highest BCUT2D eigenvalue weighted by Crippen LogP contribution is 2.25. The third-order valence-corrected chi connectivity index (χ3v) is 3.31.